The Labute approximate surface area is 108 Å². The second kappa shape index (κ2) is 5.10. The van der Waals surface area contributed by atoms with E-state index in [0.717, 1.165) is 25.2 Å². The van der Waals surface area contributed by atoms with E-state index in [4.69, 9.17) is 5.73 Å². The predicted molar refractivity (Wildman–Crippen MR) is 70.2 cm³/mol. The minimum atomic E-state index is 0.0726. The van der Waals surface area contributed by atoms with Crippen LogP contribution >= 0.6 is 0 Å². The highest BCUT2D eigenvalue weighted by atomic mass is 16.2. The van der Waals surface area contributed by atoms with Crippen LogP contribution in [0.15, 0.2) is 6.07 Å². The SMILES string of the molecule is Cc1cc(C(=O)N2CCC(C)C(CN)C2)n(C)n1. The molecule has 2 N–H and O–H groups in total. The lowest BCUT2D eigenvalue weighted by molar-refractivity contribution is 0.0607. The molecule has 0 bridgehead atoms. The van der Waals surface area contributed by atoms with Gasteiger partial charge in [0.15, 0.2) is 0 Å². The van der Waals surface area contributed by atoms with Gasteiger partial charge in [0.05, 0.1) is 5.69 Å². The fourth-order valence-corrected chi connectivity index (χ4v) is 2.61. The average molecular weight is 250 g/mol. The molecule has 0 aliphatic carbocycles. The van der Waals surface area contributed by atoms with E-state index in [1.165, 1.54) is 0 Å². The number of nitrogens with two attached hydrogens (primary N) is 1. The molecule has 0 spiro atoms. The van der Waals surface area contributed by atoms with Crippen LogP contribution in [0.25, 0.3) is 0 Å². The number of amides is 1. The van der Waals surface area contributed by atoms with Crippen LogP contribution in [0.4, 0.5) is 0 Å². The third kappa shape index (κ3) is 2.41. The lowest BCUT2D eigenvalue weighted by Gasteiger charge is -2.36. The van der Waals surface area contributed by atoms with E-state index in [0.29, 0.717) is 24.1 Å². The molecule has 2 unspecified atom stereocenters. The first kappa shape index (κ1) is 13.1. The molecule has 5 nitrogen and oxygen atoms in total. The molecule has 1 fully saturated rings. The van der Waals surface area contributed by atoms with Crippen molar-refractivity contribution in [2.45, 2.75) is 20.3 Å². The van der Waals surface area contributed by atoms with Crippen LogP contribution in [0.1, 0.15) is 29.5 Å². The Bertz CT molecular complexity index is 440. The number of carbonyl (C=O) groups is 1. The van der Waals surface area contributed by atoms with Gasteiger partial charge in [0, 0.05) is 20.1 Å². The molecule has 1 aromatic heterocycles. The van der Waals surface area contributed by atoms with Crippen molar-refractivity contribution in [2.75, 3.05) is 19.6 Å². The van der Waals surface area contributed by atoms with Gasteiger partial charge in [-0.2, -0.15) is 5.10 Å². The number of hydrogen-bond donors (Lipinski definition) is 1. The molecule has 0 aromatic carbocycles. The lowest BCUT2D eigenvalue weighted by atomic mass is 9.87. The van der Waals surface area contributed by atoms with Crippen molar-refractivity contribution in [2.24, 2.45) is 24.6 Å². The third-order valence-corrected chi connectivity index (χ3v) is 3.93. The maximum atomic E-state index is 12.4. The van der Waals surface area contributed by atoms with E-state index >= 15 is 0 Å². The highest BCUT2D eigenvalue weighted by Crippen LogP contribution is 2.23. The molecule has 5 heteroatoms. The summed E-state index contributed by atoms with van der Waals surface area (Å²) in [7, 11) is 1.81. The van der Waals surface area contributed by atoms with Crippen molar-refractivity contribution in [3.63, 3.8) is 0 Å². The molecule has 1 aliphatic heterocycles. The number of nitrogens with zero attached hydrogens (tertiary/aromatic N) is 3. The molecular formula is C13H22N4O. The van der Waals surface area contributed by atoms with Crippen LogP contribution in [0.5, 0.6) is 0 Å². The van der Waals surface area contributed by atoms with E-state index in [2.05, 4.69) is 12.0 Å². The van der Waals surface area contributed by atoms with Crippen LogP contribution in [0.2, 0.25) is 0 Å². The summed E-state index contributed by atoms with van der Waals surface area (Å²) in [5.74, 6) is 1.09. The molecular weight excluding hydrogens is 228 g/mol. The molecule has 0 radical (unpaired) electrons. The standard InChI is InChI=1S/C13H22N4O/c1-9-4-5-17(8-11(9)7-14)13(18)12-6-10(2)15-16(12)3/h6,9,11H,4-5,7-8,14H2,1-3H3. The van der Waals surface area contributed by atoms with Gasteiger partial charge in [0.1, 0.15) is 5.69 Å². The number of aryl methyl sites for hydroxylation is 2. The van der Waals surface area contributed by atoms with E-state index in [9.17, 15) is 4.79 Å². The first-order valence-corrected chi connectivity index (χ1v) is 6.53. The topological polar surface area (TPSA) is 64.2 Å². The first-order chi connectivity index (χ1) is 8.52. The zero-order valence-electron chi connectivity index (χ0n) is 11.4. The fraction of sp³-hybridized carbons (Fsp3) is 0.692. The molecule has 1 aliphatic rings. The summed E-state index contributed by atoms with van der Waals surface area (Å²) in [6.07, 6.45) is 1.03. The molecule has 2 rings (SSSR count). The Balaban J connectivity index is 2.12. The second-order valence-electron chi connectivity index (χ2n) is 5.31. The number of carbonyl (C=O) groups excluding carboxylic acids is 1. The van der Waals surface area contributed by atoms with Crippen molar-refractivity contribution in [1.29, 1.82) is 0 Å². The zero-order chi connectivity index (χ0) is 13.3. The Kier molecular flexibility index (Phi) is 3.71. The summed E-state index contributed by atoms with van der Waals surface area (Å²) in [5, 5.41) is 4.23. The van der Waals surface area contributed by atoms with Crippen LogP contribution in [0, 0.1) is 18.8 Å². The summed E-state index contributed by atoms with van der Waals surface area (Å²) < 4.78 is 1.66. The van der Waals surface area contributed by atoms with Gasteiger partial charge in [0.2, 0.25) is 0 Å². The number of aromatic nitrogens is 2. The van der Waals surface area contributed by atoms with Crippen LogP contribution in [0.3, 0.4) is 0 Å². The molecule has 18 heavy (non-hydrogen) atoms. The van der Waals surface area contributed by atoms with Gasteiger partial charge in [-0.15, -0.1) is 0 Å². The predicted octanol–water partition coefficient (Wildman–Crippen LogP) is 0.785. The monoisotopic (exact) mass is 250 g/mol. The summed E-state index contributed by atoms with van der Waals surface area (Å²) in [6, 6.07) is 1.85. The zero-order valence-corrected chi connectivity index (χ0v) is 11.4. The molecule has 1 saturated heterocycles. The van der Waals surface area contributed by atoms with Gasteiger partial charge in [-0.3, -0.25) is 9.48 Å². The van der Waals surface area contributed by atoms with Crippen molar-refractivity contribution in [1.82, 2.24) is 14.7 Å². The van der Waals surface area contributed by atoms with Crippen LogP contribution in [-0.2, 0) is 7.05 Å². The molecule has 1 amide bonds. The number of rotatable bonds is 2. The Morgan fingerprint density at radius 1 is 1.61 bits per heavy atom. The van der Waals surface area contributed by atoms with E-state index in [1.807, 2.05) is 24.9 Å². The number of piperidine rings is 1. The largest absolute Gasteiger partial charge is 0.337 e. The molecule has 100 valence electrons. The average Bonchev–Trinajstić information content (AvgIpc) is 2.68. The van der Waals surface area contributed by atoms with Gasteiger partial charge in [0.25, 0.3) is 5.91 Å². The minimum absolute atomic E-state index is 0.0726. The van der Waals surface area contributed by atoms with E-state index in [1.54, 1.807) is 4.68 Å². The van der Waals surface area contributed by atoms with Gasteiger partial charge >= 0.3 is 0 Å². The number of likely N-dealkylation sites (tertiary alicyclic amines) is 1. The molecule has 1 aromatic rings. The van der Waals surface area contributed by atoms with Crippen LogP contribution in [-0.4, -0.2) is 40.2 Å². The Hall–Kier alpha value is -1.36. The quantitative estimate of drug-likeness (QED) is 0.844. The maximum absolute atomic E-state index is 12.4. The van der Waals surface area contributed by atoms with Crippen molar-refractivity contribution in [3.05, 3.63) is 17.5 Å². The summed E-state index contributed by atoms with van der Waals surface area (Å²) >= 11 is 0. The van der Waals surface area contributed by atoms with Gasteiger partial charge in [-0.05, 0) is 37.8 Å². The van der Waals surface area contributed by atoms with Crippen LogP contribution < -0.4 is 5.73 Å². The summed E-state index contributed by atoms with van der Waals surface area (Å²) in [5.41, 5.74) is 7.31. The fourth-order valence-electron chi connectivity index (χ4n) is 2.61. The molecule has 2 heterocycles. The Morgan fingerprint density at radius 3 is 2.89 bits per heavy atom. The summed E-state index contributed by atoms with van der Waals surface area (Å²) in [4.78, 5) is 14.3. The van der Waals surface area contributed by atoms with E-state index in [-0.39, 0.29) is 5.91 Å². The third-order valence-electron chi connectivity index (χ3n) is 3.93. The molecule has 0 saturated carbocycles. The second-order valence-corrected chi connectivity index (χ2v) is 5.31. The van der Waals surface area contributed by atoms with E-state index < -0.39 is 0 Å². The normalized spacial score (nSPS) is 24.3. The first-order valence-electron chi connectivity index (χ1n) is 6.53. The Morgan fingerprint density at radius 2 is 2.33 bits per heavy atom. The minimum Gasteiger partial charge on any atom is -0.337 e. The highest BCUT2D eigenvalue weighted by Gasteiger charge is 2.29. The lowest BCUT2D eigenvalue weighted by Crippen LogP contribution is -2.45. The van der Waals surface area contributed by atoms with Gasteiger partial charge in [-0.1, -0.05) is 6.92 Å². The highest BCUT2D eigenvalue weighted by molar-refractivity contribution is 5.92. The number of hydrogen-bond acceptors (Lipinski definition) is 3. The molecule has 2 atom stereocenters. The van der Waals surface area contributed by atoms with Crippen molar-refractivity contribution < 1.29 is 4.79 Å². The summed E-state index contributed by atoms with van der Waals surface area (Å²) in [6.45, 7) is 6.35. The maximum Gasteiger partial charge on any atom is 0.272 e. The smallest absolute Gasteiger partial charge is 0.272 e. The van der Waals surface area contributed by atoms with Gasteiger partial charge < -0.3 is 10.6 Å². The van der Waals surface area contributed by atoms with Crippen molar-refractivity contribution in [3.8, 4) is 0 Å². The van der Waals surface area contributed by atoms with Gasteiger partial charge in [-0.25, -0.2) is 0 Å². The van der Waals surface area contributed by atoms with Crippen molar-refractivity contribution >= 4 is 5.91 Å².